The first-order valence-electron chi connectivity index (χ1n) is 13.2. The summed E-state index contributed by atoms with van der Waals surface area (Å²) < 4.78 is 0. The Bertz CT molecular complexity index is 865. The summed E-state index contributed by atoms with van der Waals surface area (Å²) in [5.74, 6) is -1.36. The van der Waals surface area contributed by atoms with Crippen molar-refractivity contribution < 1.29 is 33.9 Å². The Kier molecular flexibility index (Phi) is 24.2. The van der Waals surface area contributed by atoms with Crippen molar-refractivity contribution in [3.05, 3.63) is 0 Å². The van der Waals surface area contributed by atoms with Crippen molar-refractivity contribution >= 4 is 35.3 Å². The topological polar surface area (TPSA) is 151 Å². The molecule has 0 aliphatic heterocycles. The first kappa shape index (κ1) is 49.8. The van der Waals surface area contributed by atoms with Crippen molar-refractivity contribution in [1.29, 1.82) is 0 Å². The number of likely N-dealkylation sites (N-methyl/N-ethyl adjacent to an activating group) is 6. The van der Waals surface area contributed by atoms with Crippen molar-refractivity contribution in [3.8, 4) is 0 Å². The molecule has 0 unspecified atom stereocenters. The minimum Gasteiger partial charge on any atom is -0.480 e. The first-order valence-corrected chi connectivity index (χ1v) is 13.2. The van der Waals surface area contributed by atoms with Gasteiger partial charge < -0.3 is 34.9 Å². The minimum atomic E-state index is -1.16. The van der Waals surface area contributed by atoms with Gasteiger partial charge in [-0.15, -0.1) is 0 Å². The van der Waals surface area contributed by atoms with Crippen LogP contribution in [-0.2, 0) is 28.8 Å². The van der Waals surface area contributed by atoms with Crippen LogP contribution in [0.25, 0.3) is 0 Å². The third-order valence-electron chi connectivity index (χ3n) is 7.12. The molecule has 0 heterocycles. The summed E-state index contributed by atoms with van der Waals surface area (Å²) in [7, 11) is 13.7. The number of hydrogen-bond donors (Lipinski definition) is 2. The molecule has 0 aromatic rings. The molecular weight excluding hydrogens is 556 g/mol. The molecule has 0 aliphatic rings. The quantitative estimate of drug-likeness (QED) is 0.329. The summed E-state index contributed by atoms with van der Waals surface area (Å²) in [6, 6.07) is 0. The van der Waals surface area contributed by atoms with Gasteiger partial charge in [-0.3, -0.25) is 24.0 Å². The molecule has 3 amide bonds. The number of nitrogens with one attached hydrogen (secondary N) is 1. The molecule has 0 atom stereocenters. The van der Waals surface area contributed by atoms with E-state index in [1.807, 2.05) is 14.1 Å². The third kappa shape index (κ3) is 17.1. The second-order valence-corrected chi connectivity index (χ2v) is 12.0. The number of amides is 3. The first-order chi connectivity index (χ1) is 18.2. The van der Waals surface area contributed by atoms with E-state index < -0.39 is 22.6 Å². The molecule has 0 aromatic heterocycles. The van der Waals surface area contributed by atoms with Crippen molar-refractivity contribution in [2.24, 2.45) is 0 Å². The fourth-order valence-electron chi connectivity index (χ4n) is 2.57. The monoisotopic (exact) mass is 620 g/mol. The normalized spacial score (nSPS) is 10.9. The lowest BCUT2D eigenvalue weighted by Gasteiger charge is -2.34. The second kappa shape index (κ2) is 20.9. The number of Topliss-reactive ketones (excluding diaryl/α,β-unsaturated/α-hetero) is 2. The van der Waals surface area contributed by atoms with E-state index in [9.17, 15) is 28.8 Å². The molecular formula is C30H64N6O7. The van der Waals surface area contributed by atoms with Crippen LogP contribution in [-0.4, -0.2) is 157 Å². The van der Waals surface area contributed by atoms with E-state index >= 15 is 0 Å². The van der Waals surface area contributed by atoms with E-state index in [4.69, 9.17) is 5.11 Å². The zero-order valence-electron chi connectivity index (χ0n) is 28.3. The highest BCUT2D eigenvalue weighted by Crippen LogP contribution is 2.14. The predicted octanol–water partition coefficient (Wildman–Crippen LogP) is 1.55. The standard InChI is InChI=1S/C10H20N2O2.C9H18N2O3.C9H18N2O2.2CH4/c1-8(13)10(2,3)12(6)9(14)7-11(4)5;1-9(2,8(13)14)11(5)7(12)6-10(3)4;1-7(12)9(2,3)11(5)8(13)6-10-4;;/h7H2,1-6H3;6H2,1-5H3,(H,13,14);10H,6H2,1-5H3;2*1H4. The van der Waals surface area contributed by atoms with Crippen molar-refractivity contribution in [2.75, 3.05) is 76.0 Å². The van der Waals surface area contributed by atoms with Gasteiger partial charge in [0.2, 0.25) is 17.7 Å². The van der Waals surface area contributed by atoms with Crippen LogP contribution in [0.15, 0.2) is 0 Å². The Morgan fingerprint density at radius 2 is 0.814 bits per heavy atom. The molecule has 0 aromatic carbocycles. The number of hydrogen-bond acceptors (Lipinski definition) is 9. The zero-order chi connectivity index (χ0) is 33.7. The van der Waals surface area contributed by atoms with Crippen LogP contribution in [0.2, 0.25) is 0 Å². The lowest BCUT2D eigenvalue weighted by atomic mass is 9.98. The number of ketones is 2. The van der Waals surface area contributed by atoms with Crippen LogP contribution in [0.5, 0.6) is 0 Å². The average molecular weight is 621 g/mol. The fourth-order valence-corrected chi connectivity index (χ4v) is 2.57. The molecule has 13 nitrogen and oxygen atoms in total. The van der Waals surface area contributed by atoms with Gasteiger partial charge in [-0.05, 0) is 90.6 Å². The van der Waals surface area contributed by atoms with Gasteiger partial charge in [-0.25, -0.2) is 4.79 Å². The van der Waals surface area contributed by atoms with Crippen LogP contribution < -0.4 is 5.32 Å². The molecule has 0 saturated heterocycles. The van der Waals surface area contributed by atoms with E-state index in [1.165, 1.54) is 49.4 Å². The molecule has 13 heteroatoms. The fraction of sp³-hybridized carbons (Fsp3) is 0.800. The Labute approximate surface area is 261 Å². The van der Waals surface area contributed by atoms with E-state index in [1.54, 1.807) is 72.7 Å². The highest BCUT2D eigenvalue weighted by atomic mass is 16.4. The van der Waals surface area contributed by atoms with E-state index in [0.717, 1.165) is 0 Å². The van der Waals surface area contributed by atoms with Gasteiger partial charge >= 0.3 is 5.97 Å². The molecule has 0 fully saturated rings. The van der Waals surface area contributed by atoms with Crippen molar-refractivity contribution in [1.82, 2.24) is 29.8 Å². The number of carbonyl (C=O) groups is 6. The number of aliphatic carboxylic acids is 1. The summed E-state index contributed by atoms with van der Waals surface area (Å²) in [4.78, 5) is 75.6. The molecule has 0 radical (unpaired) electrons. The van der Waals surface area contributed by atoms with Gasteiger partial charge in [0, 0.05) is 21.1 Å². The summed E-state index contributed by atoms with van der Waals surface area (Å²) >= 11 is 0. The molecule has 0 spiro atoms. The number of carboxylic acid groups (broad SMARTS) is 1. The van der Waals surface area contributed by atoms with Gasteiger partial charge in [-0.1, -0.05) is 14.9 Å². The number of nitrogens with zero attached hydrogens (tertiary/aromatic N) is 5. The molecule has 43 heavy (non-hydrogen) atoms. The Morgan fingerprint density at radius 1 is 0.558 bits per heavy atom. The van der Waals surface area contributed by atoms with Crippen LogP contribution >= 0.6 is 0 Å². The molecule has 0 saturated carbocycles. The minimum absolute atomic E-state index is 0. The summed E-state index contributed by atoms with van der Waals surface area (Å²) in [6.07, 6.45) is 0. The lowest BCUT2D eigenvalue weighted by molar-refractivity contribution is -0.155. The SMILES string of the molecule is C.C.CC(=O)C(C)(C)N(C)C(=O)CN(C)C.CN(C)CC(=O)N(C)C(C)(C)C(=O)O.CNCC(=O)N(C)C(C)(C)C(C)=O. The predicted molar refractivity (Wildman–Crippen MR) is 174 cm³/mol. The molecule has 2 N–H and O–H groups in total. The largest absolute Gasteiger partial charge is 0.480 e. The smallest absolute Gasteiger partial charge is 0.329 e. The molecule has 0 rings (SSSR count). The summed E-state index contributed by atoms with van der Waals surface area (Å²) in [6.45, 7) is 13.8. The van der Waals surface area contributed by atoms with Crippen molar-refractivity contribution in [2.45, 2.75) is 86.9 Å². The highest BCUT2D eigenvalue weighted by Gasteiger charge is 2.35. The summed E-state index contributed by atoms with van der Waals surface area (Å²) in [5.41, 5.74) is -2.59. The maximum Gasteiger partial charge on any atom is 0.329 e. The maximum absolute atomic E-state index is 11.6. The van der Waals surface area contributed by atoms with Crippen LogP contribution in [0.4, 0.5) is 0 Å². The van der Waals surface area contributed by atoms with Gasteiger partial charge in [-0.2, -0.15) is 0 Å². The van der Waals surface area contributed by atoms with Gasteiger partial charge in [0.25, 0.3) is 0 Å². The second-order valence-electron chi connectivity index (χ2n) is 12.0. The Balaban J connectivity index is -0.000000164. The van der Waals surface area contributed by atoms with Gasteiger partial charge in [0.1, 0.15) is 5.54 Å². The van der Waals surface area contributed by atoms with Gasteiger partial charge in [0.15, 0.2) is 11.6 Å². The van der Waals surface area contributed by atoms with E-state index in [2.05, 4.69) is 5.32 Å². The van der Waals surface area contributed by atoms with Crippen LogP contribution in [0.3, 0.4) is 0 Å². The maximum atomic E-state index is 11.6. The van der Waals surface area contributed by atoms with E-state index in [-0.39, 0.29) is 57.2 Å². The summed E-state index contributed by atoms with van der Waals surface area (Å²) in [5, 5.41) is 11.6. The third-order valence-corrected chi connectivity index (χ3v) is 7.12. The van der Waals surface area contributed by atoms with Crippen LogP contribution in [0, 0.1) is 0 Å². The van der Waals surface area contributed by atoms with Crippen molar-refractivity contribution in [3.63, 3.8) is 0 Å². The van der Waals surface area contributed by atoms with Crippen LogP contribution in [0.1, 0.15) is 70.2 Å². The average Bonchev–Trinajstić information content (AvgIpc) is 2.82. The number of rotatable bonds is 12. The number of carboxylic acids is 1. The Morgan fingerprint density at radius 3 is 1.02 bits per heavy atom. The van der Waals surface area contributed by atoms with E-state index in [0.29, 0.717) is 6.54 Å². The molecule has 256 valence electrons. The van der Waals surface area contributed by atoms with Gasteiger partial charge in [0.05, 0.1) is 30.7 Å². The Hall–Kier alpha value is -2.90. The highest BCUT2D eigenvalue weighted by molar-refractivity contribution is 5.91. The molecule has 0 bridgehead atoms. The molecule has 0 aliphatic carbocycles. The zero-order valence-corrected chi connectivity index (χ0v) is 28.3. The lowest BCUT2D eigenvalue weighted by Crippen LogP contribution is -2.52. The number of carbonyl (C=O) groups excluding carboxylic acids is 5.